The lowest BCUT2D eigenvalue weighted by Crippen LogP contribution is -2.30. The van der Waals surface area contributed by atoms with Gasteiger partial charge in [-0.15, -0.1) is 0 Å². The van der Waals surface area contributed by atoms with Crippen molar-refractivity contribution in [2.24, 2.45) is 0 Å². The van der Waals surface area contributed by atoms with Crippen LogP contribution in [0, 0.1) is 5.82 Å². The Kier molecular flexibility index (Phi) is 7.55. The summed E-state index contributed by atoms with van der Waals surface area (Å²) in [7, 11) is 1.36. The largest absolute Gasteiger partial charge is 0.465 e. The lowest BCUT2D eigenvalue weighted by molar-refractivity contribution is -0.118. The van der Waals surface area contributed by atoms with Crippen LogP contribution in [-0.2, 0) is 16.1 Å². The van der Waals surface area contributed by atoms with Crippen LogP contribution in [0.2, 0.25) is 0 Å². The van der Waals surface area contributed by atoms with Crippen molar-refractivity contribution in [1.29, 1.82) is 0 Å². The van der Waals surface area contributed by atoms with Crippen molar-refractivity contribution < 1.29 is 18.7 Å². The fourth-order valence-electron chi connectivity index (χ4n) is 3.33. The molecule has 31 heavy (non-hydrogen) atoms. The molecule has 0 aliphatic rings. The molecule has 3 aromatic carbocycles. The minimum absolute atomic E-state index is 0.0186. The third-order valence-corrected chi connectivity index (χ3v) is 5.10. The first kappa shape index (κ1) is 22.2. The van der Waals surface area contributed by atoms with E-state index in [-0.39, 0.29) is 17.7 Å². The van der Waals surface area contributed by atoms with E-state index in [2.05, 4.69) is 0 Å². The Hall–Kier alpha value is -3.47. The van der Waals surface area contributed by atoms with E-state index in [1.165, 1.54) is 19.2 Å². The molecule has 0 aliphatic carbocycles. The van der Waals surface area contributed by atoms with Crippen LogP contribution in [0.3, 0.4) is 0 Å². The van der Waals surface area contributed by atoms with Crippen LogP contribution in [0.4, 0.5) is 10.1 Å². The quantitative estimate of drug-likeness (QED) is 0.421. The average Bonchev–Trinajstić information content (AvgIpc) is 2.81. The number of hydrogen-bond acceptors (Lipinski definition) is 3. The molecule has 0 saturated carbocycles. The van der Waals surface area contributed by atoms with Crippen LogP contribution in [0.15, 0.2) is 72.8 Å². The third-order valence-electron chi connectivity index (χ3n) is 5.10. The Labute approximate surface area is 182 Å². The topological polar surface area (TPSA) is 46.6 Å². The number of ether oxygens (including phenoxy) is 1. The van der Waals surface area contributed by atoms with Crippen molar-refractivity contribution in [1.82, 2.24) is 0 Å². The first-order valence-electron chi connectivity index (χ1n) is 10.4. The highest BCUT2D eigenvalue weighted by Crippen LogP contribution is 2.24. The van der Waals surface area contributed by atoms with E-state index in [0.29, 0.717) is 24.2 Å². The van der Waals surface area contributed by atoms with Crippen molar-refractivity contribution in [3.63, 3.8) is 0 Å². The molecular formula is C26H26FNO3. The smallest absolute Gasteiger partial charge is 0.337 e. The summed E-state index contributed by atoms with van der Waals surface area (Å²) in [4.78, 5) is 26.0. The zero-order valence-electron chi connectivity index (χ0n) is 17.8. The van der Waals surface area contributed by atoms with Gasteiger partial charge in [-0.1, -0.05) is 55.8 Å². The minimum atomic E-state index is -0.368. The van der Waals surface area contributed by atoms with Gasteiger partial charge >= 0.3 is 5.97 Å². The Morgan fingerprint density at radius 2 is 1.58 bits per heavy atom. The molecule has 5 heteroatoms. The number of esters is 1. The number of carbonyl (C=O) groups excluding carboxylic acids is 2. The van der Waals surface area contributed by atoms with Crippen LogP contribution in [0.25, 0.3) is 11.1 Å². The van der Waals surface area contributed by atoms with E-state index in [9.17, 15) is 14.0 Å². The van der Waals surface area contributed by atoms with Gasteiger partial charge in [-0.3, -0.25) is 4.79 Å². The molecule has 1 amide bonds. The summed E-state index contributed by atoms with van der Waals surface area (Å²) >= 11 is 0. The molecule has 0 saturated heterocycles. The van der Waals surface area contributed by atoms with E-state index in [0.717, 1.165) is 29.5 Å². The first-order valence-corrected chi connectivity index (χ1v) is 10.4. The summed E-state index contributed by atoms with van der Waals surface area (Å²) in [6.45, 7) is 2.41. The van der Waals surface area contributed by atoms with Crippen LogP contribution in [-0.4, -0.2) is 19.0 Å². The maximum absolute atomic E-state index is 13.8. The Morgan fingerprint density at radius 1 is 0.935 bits per heavy atom. The maximum Gasteiger partial charge on any atom is 0.337 e. The number of halogens is 1. The first-order chi connectivity index (χ1) is 15.0. The highest BCUT2D eigenvalue weighted by atomic mass is 19.1. The number of benzene rings is 3. The number of anilines is 1. The van der Waals surface area contributed by atoms with Crippen LogP contribution >= 0.6 is 0 Å². The molecule has 0 heterocycles. The standard InChI is InChI=1S/C26H26FNO3/c1-3-4-8-25(29)28(24-7-5-6-23(27)17-24)18-19-9-11-20(12-10-19)21-13-15-22(16-14-21)26(30)31-2/h5-7,9-17H,3-4,8,18H2,1-2H3. The molecule has 0 radical (unpaired) electrons. The molecule has 0 spiro atoms. The van der Waals surface area contributed by atoms with Crippen LogP contribution in [0.5, 0.6) is 0 Å². The molecule has 4 nitrogen and oxygen atoms in total. The molecule has 160 valence electrons. The van der Waals surface area contributed by atoms with E-state index >= 15 is 0 Å². The predicted molar refractivity (Wildman–Crippen MR) is 120 cm³/mol. The number of nitrogens with zero attached hydrogens (tertiary/aromatic N) is 1. The lowest BCUT2D eigenvalue weighted by atomic mass is 10.0. The lowest BCUT2D eigenvalue weighted by Gasteiger charge is -2.23. The SMILES string of the molecule is CCCCC(=O)N(Cc1ccc(-c2ccc(C(=O)OC)cc2)cc1)c1cccc(F)c1. The summed E-state index contributed by atoms with van der Waals surface area (Å²) in [5.74, 6) is -0.751. The molecule has 0 aromatic heterocycles. The molecule has 3 rings (SSSR count). The molecule has 3 aromatic rings. The van der Waals surface area contributed by atoms with Gasteiger partial charge in [-0.25, -0.2) is 9.18 Å². The molecule has 0 atom stereocenters. The fourth-order valence-corrected chi connectivity index (χ4v) is 3.33. The predicted octanol–water partition coefficient (Wildman–Crippen LogP) is 6.00. The van der Waals surface area contributed by atoms with Gasteiger partial charge in [0.25, 0.3) is 0 Å². The van der Waals surface area contributed by atoms with Gasteiger partial charge in [0, 0.05) is 12.1 Å². The Balaban J connectivity index is 1.79. The van der Waals surface area contributed by atoms with Gasteiger partial charge in [0.15, 0.2) is 0 Å². The second kappa shape index (κ2) is 10.5. The van der Waals surface area contributed by atoms with Crippen molar-refractivity contribution in [2.45, 2.75) is 32.7 Å². The van der Waals surface area contributed by atoms with Crippen molar-refractivity contribution in [3.05, 3.63) is 89.7 Å². The van der Waals surface area contributed by atoms with Crippen molar-refractivity contribution in [3.8, 4) is 11.1 Å². The second-order valence-corrected chi connectivity index (χ2v) is 7.33. The average molecular weight is 419 g/mol. The molecule has 0 bridgehead atoms. The highest BCUT2D eigenvalue weighted by molar-refractivity contribution is 5.93. The maximum atomic E-state index is 13.8. The second-order valence-electron chi connectivity index (χ2n) is 7.33. The summed E-state index contributed by atoms with van der Waals surface area (Å²) in [6, 6.07) is 21.2. The monoisotopic (exact) mass is 419 g/mol. The van der Waals surface area contributed by atoms with Crippen LogP contribution < -0.4 is 4.90 Å². The summed E-state index contributed by atoms with van der Waals surface area (Å²) < 4.78 is 18.5. The van der Waals surface area contributed by atoms with Gasteiger partial charge in [-0.05, 0) is 53.4 Å². The summed E-state index contributed by atoms with van der Waals surface area (Å²) in [5, 5.41) is 0. The minimum Gasteiger partial charge on any atom is -0.465 e. The van der Waals surface area contributed by atoms with Gasteiger partial charge in [-0.2, -0.15) is 0 Å². The van der Waals surface area contributed by atoms with E-state index in [1.54, 1.807) is 29.2 Å². The van der Waals surface area contributed by atoms with E-state index < -0.39 is 0 Å². The number of carbonyl (C=O) groups is 2. The van der Waals surface area contributed by atoms with Gasteiger partial charge < -0.3 is 9.64 Å². The fraction of sp³-hybridized carbons (Fsp3) is 0.231. The number of amides is 1. The zero-order valence-corrected chi connectivity index (χ0v) is 17.8. The van der Waals surface area contributed by atoms with E-state index in [1.807, 2.05) is 43.3 Å². The Morgan fingerprint density at radius 3 is 2.16 bits per heavy atom. The van der Waals surface area contributed by atoms with Crippen molar-refractivity contribution in [2.75, 3.05) is 12.0 Å². The van der Waals surface area contributed by atoms with Gasteiger partial charge in [0.2, 0.25) is 5.91 Å². The summed E-state index contributed by atoms with van der Waals surface area (Å²) in [5.41, 5.74) is 3.97. The highest BCUT2D eigenvalue weighted by Gasteiger charge is 2.16. The molecule has 0 fully saturated rings. The molecule has 0 N–H and O–H groups in total. The van der Waals surface area contributed by atoms with Gasteiger partial charge in [0.05, 0.1) is 19.2 Å². The molecule has 0 aliphatic heterocycles. The normalized spacial score (nSPS) is 10.5. The number of hydrogen-bond donors (Lipinski definition) is 0. The van der Waals surface area contributed by atoms with Gasteiger partial charge in [0.1, 0.15) is 5.82 Å². The van der Waals surface area contributed by atoms with E-state index in [4.69, 9.17) is 4.74 Å². The zero-order chi connectivity index (χ0) is 22.2. The molecule has 0 unspecified atom stereocenters. The van der Waals surface area contributed by atoms with Crippen molar-refractivity contribution >= 4 is 17.6 Å². The number of unbranched alkanes of at least 4 members (excludes halogenated alkanes) is 1. The Bertz CT molecular complexity index is 1030. The number of methoxy groups -OCH3 is 1. The summed E-state index contributed by atoms with van der Waals surface area (Å²) in [6.07, 6.45) is 2.15. The third kappa shape index (κ3) is 5.79. The van der Waals surface area contributed by atoms with Crippen LogP contribution in [0.1, 0.15) is 42.1 Å². The molecular weight excluding hydrogens is 393 g/mol. The number of rotatable bonds is 8.